The molecule has 0 saturated heterocycles. The summed E-state index contributed by atoms with van der Waals surface area (Å²) in [6.45, 7) is -0.124. The van der Waals surface area contributed by atoms with Crippen LogP contribution in [0.15, 0.2) is 12.1 Å². The fraction of sp³-hybridized carbons (Fsp3) is 0.462. The summed E-state index contributed by atoms with van der Waals surface area (Å²) in [6, 6.07) is 3.45. The van der Waals surface area contributed by atoms with E-state index < -0.39 is 0 Å². The van der Waals surface area contributed by atoms with E-state index >= 15 is 0 Å². The van der Waals surface area contributed by atoms with E-state index in [2.05, 4.69) is 4.74 Å². The average Bonchev–Trinajstić information content (AvgIpc) is 2.37. The Balaban J connectivity index is 2.52. The molecule has 18 heavy (non-hydrogen) atoms. The summed E-state index contributed by atoms with van der Waals surface area (Å²) in [5.74, 6) is -0.199. The molecule has 1 aromatic rings. The van der Waals surface area contributed by atoms with Crippen LogP contribution < -0.4 is 0 Å². The van der Waals surface area contributed by atoms with Crippen LogP contribution in [0.2, 0.25) is 10.0 Å². The number of aryl methyl sites for hydroxylation is 1. The van der Waals surface area contributed by atoms with E-state index in [0.29, 0.717) is 22.0 Å². The Kier molecular flexibility index (Phi) is 6.47. The van der Waals surface area contributed by atoms with Crippen molar-refractivity contribution in [2.24, 2.45) is 0 Å². The van der Waals surface area contributed by atoms with Gasteiger partial charge in [-0.1, -0.05) is 23.2 Å². The Hall–Kier alpha value is -0.770. The molecule has 0 bridgehead atoms. The lowest BCUT2D eigenvalue weighted by molar-refractivity contribution is -0.140. The van der Waals surface area contributed by atoms with Gasteiger partial charge in [-0.3, -0.25) is 4.79 Å². The predicted octanol–water partition coefficient (Wildman–Crippen LogP) is 3.37. The minimum Gasteiger partial charge on any atom is -0.469 e. The first-order chi connectivity index (χ1) is 8.58. The first-order valence-electron chi connectivity index (χ1n) is 5.73. The van der Waals surface area contributed by atoms with Crippen molar-refractivity contribution in [1.82, 2.24) is 0 Å². The first kappa shape index (κ1) is 15.3. The first-order valence-corrected chi connectivity index (χ1v) is 6.48. The second-order valence-electron chi connectivity index (χ2n) is 3.98. The SMILES string of the molecule is COC(=O)CCCCc1cc(Cl)c(CO)cc1Cl. The minimum atomic E-state index is -0.199. The van der Waals surface area contributed by atoms with Gasteiger partial charge < -0.3 is 9.84 Å². The zero-order valence-corrected chi connectivity index (χ0v) is 11.7. The maximum absolute atomic E-state index is 10.9. The number of hydrogen-bond acceptors (Lipinski definition) is 3. The van der Waals surface area contributed by atoms with Gasteiger partial charge in [0.25, 0.3) is 0 Å². The van der Waals surface area contributed by atoms with Crippen LogP contribution in [-0.4, -0.2) is 18.2 Å². The topological polar surface area (TPSA) is 46.5 Å². The monoisotopic (exact) mass is 290 g/mol. The normalized spacial score (nSPS) is 10.4. The third-order valence-corrected chi connectivity index (χ3v) is 3.39. The van der Waals surface area contributed by atoms with Crippen molar-refractivity contribution in [2.75, 3.05) is 7.11 Å². The van der Waals surface area contributed by atoms with E-state index in [9.17, 15) is 4.79 Å². The van der Waals surface area contributed by atoms with Gasteiger partial charge in [-0.05, 0) is 42.5 Å². The molecule has 1 N–H and O–H groups in total. The van der Waals surface area contributed by atoms with Crippen molar-refractivity contribution in [1.29, 1.82) is 0 Å². The van der Waals surface area contributed by atoms with Gasteiger partial charge in [0.05, 0.1) is 13.7 Å². The van der Waals surface area contributed by atoms with Gasteiger partial charge in [0, 0.05) is 16.5 Å². The number of carbonyl (C=O) groups excluding carboxylic acids is 1. The molecule has 0 aromatic heterocycles. The molecule has 0 unspecified atom stereocenters. The Morgan fingerprint density at radius 2 is 1.83 bits per heavy atom. The van der Waals surface area contributed by atoms with Crippen LogP contribution in [0.1, 0.15) is 30.4 Å². The number of esters is 1. The van der Waals surface area contributed by atoms with Gasteiger partial charge in [-0.15, -0.1) is 0 Å². The largest absolute Gasteiger partial charge is 0.469 e. The van der Waals surface area contributed by atoms with Gasteiger partial charge >= 0.3 is 5.97 Å². The van der Waals surface area contributed by atoms with Gasteiger partial charge in [0.1, 0.15) is 0 Å². The van der Waals surface area contributed by atoms with E-state index in [4.69, 9.17) is 28.3 Å². The summed E-state index contributed by atoms with van der Waals surface area (Å²) in [7, 11) is 1.38. The number of aliphatic hydroxyl groups is 1. The molecule has 1 aromatic carbocycles. The molecule has 3 nitrogen and oxygen atoms in total. The van der Waals surface area contributed by atoms with Crippen molar-refractivity contribution in [2.45, 2.75) is 32.3 Å². The molecule has 0 radical (unpaired) electrons. The van der Waals surface area contributed by atoms with Crippen molar-refractivity contribution in [3.63, 3.8) is 0 Å². The van der Waals surface area contributed by atoms with Crippen LogP contribution in [0.5, 0.6) is 0 Å². The molecule has 0 heterocycles. The highest BCUT2D eigenvalue weighted by molar-refractivity contribution is 6.34. The molecule has 0 amide bonds. The standard InChI is InChI=1S/C13H16Cl2O3/c1-18-13(17)5-3-2-4-9-6-12(15)10(8-16)7-11(9)14/h6-7,16H,2-5,8H2,1H3. The summed E-state index contributed by atoms with van der Waals surface area (Å²) in [4.78, 5) is 10.9. The summed E-state index contributed by atoms with van der Waals surface area (Å²) >= 11 is 12.1. The van der Waals surface area contributed by atoms with Crippen LogP contribution >= 0.6 is 23.2 Å². The molecule has 0 aliphatic carbocycles. The zero-order chi connectivity index (χ0) is 13.5. The van der Waals surface area contributed by atoms with Crippen LogP contribution in [0, 0.1) is 0 Å². The Labute approximate surface area is 117 Å². The molecule has 0 saturated carbocycles. The molecular weight excluding hydrogens is 275 g/mol. The van der Waals surface area contributed by atoms with Crippen molar-refractivity contribution in [3.8, 4) is 0 Å². The average molecular weight is 291 g/mol. The Morgan fingerprint density at radius 3 is 2.44 bits per heavy atom. The van der Waals surface area contributed by atoms with Gasteiger partial charge in [0.15, 0.2) is 0 Å². The van der Waals surface area contributed by atoms with Crippen molar-refractivity contribution in [3.05, 3.63) is 33.3 Å². The highest BCUT2D eigenvalue weighted by Gasteiger charge is 2.07. The Bertz CT molecular complexity index is 419. The van der Waals surface area contributed by atoms with E-state index in [-0.39, 0.29) is 12.6 Å². The zero-order valence-electron chi connectivity index (χ0n) is 10.2. The van der Waals surface area contributed by atoms with Crippen molar-refractivity contribution < 1.29 is 14.6 Å². The lowest BCUT2D eigenvalue weighted by atomic mass is 10.0. The molecular formula is C13H16Cl2O3. The van der Waals surface area contributed by atoms with E-state index in [1.807, 2.05) is 0 Å². The second kappa shape index (κ2) is 7.62. The van der Waals surface area contributed by atoms with Gasteiger partial charge in [-0.2, -0.15) is 0 Å². The number of benzene rings is 1. The summed E-state index contributed by atoms with van der Waals surface area (Å²) in [6.07, 6.45) is 2.75. The molecule has 0 aliphatic rings. The number of methoxy groups -OCH3 is 1. The van der Waals surface area contributed by atoms with Crippen molar-refractivity contribution >= 4 is 29.2 Å². The van der Waals surface area contributed by atoms with Gasteiger partial charge in [-0.25, -0.2) is 0 Å². The molecule has 1 rings (SSSR count). The maximum atomic E-state index is 10.9. The maximum Gasteiger partial charge on any atom is 0.305 e. The number of hydrogen-bond donors (Lipinski definition) is 1. The highest BCUT2D eigenvalue weighted by atomic mass is 35.5. The minimum absolute atomic E-state index is 0.124. The molecule has 100 valence electrons. The summed E-state index contributed by atoms with van der Waals surface area (Å²) < 4.78 is 4.56. The fourth-order valence-corrected chi connectivity index (χ4v) is 2.16. The van der Waals surface area contributed by atoms with Crippen LogP contribution in [0.25, 0.3) is 0 Å². The molecule has 5 heteroatoms. The van der Waals surface area contributed by atoms with Crippen LogP contribution in [0.3, 0.4) is 0 Å². The molecule has 0 spiro atoms. The summed E-state index contributed by atoms with van der Waals surface area (Å²) in [5, 5.41) is 10.2. The number of aliphatic hydroxyl groups excluding tert-OH is 1. The summed E-state index contributed by atoms with van der Waals surface area (Å²) in [5.41, 5.74) is 1.56. The third kappa shape index (κ3) is 4.48. The lowest BCUT2D eigenvalue weighted by Gasteiger charge is -2.08. The molecule has 0 fully saturated rings. The number of halogens is 2. The number of carbonyl (C=O) groups is 1. The van der Waals surface area contributed by atoms with Gasteiger partial charge in [0.2, 0.25) is 0 Å². The smallest absolute Gasteiger partial charge is 0.305 e. The second-order valence-corrected chi connectivity index (χ2v) is 4.79. The third-order valence-electron chi connectivity index (χ3n) is 2.69. The number of unbranched alkanes of at least 4 members (excludes halogenated alkanes) is 1. The quantitative estimate of drug-likeness (QED) is 0.645. The molecule has 0 atom stereocenters. The van der Waals surface area contributed by atoms with Crippen LogP contribution in [-0.2, 0) is 22.6 Å². The van der Waals surface area contributed by atoms with Crippen LogP contribution in [0.4, 0.5) is 0 Å². The predicted molar refractivity (Wildman–Crippen MR) is 72.0 cm³/mol. The lowest BCUT2D eigenvalue weighted by Crippen LogP contribution is -2.00. The number of rotatable bonds is 6. The fourth-order valence-electron chi connectivity index (χ4n) is 1.63. The van der Waals surface area contributed by atoms with E-state index in [1.54, 1.807) is 12.1 Å². The Morgan fingerprint density at radius 1 is 1.22 bits per heavy atom. The van der Waals surface area contributed by atoms with E-state index in [0.717, 1.165) is 24.8 Å². The number of ether oxygens (including phenoxy) is 1. The van der Waals surface area contributed by atoms with E-state index in [1.165, 1.54) is 7.11 Å². The highest BCUT2D eigenvalue weighted by Crippen LogP contribution is 2.26. The molecule has 0 aliphatic heterocycles.